The molecule has 0 saturated carbocycles. The topological polar surface area (TPSA) is 127 Å². The molecule has 5 rings (SSSR count). The van der Waals surface area contributed by atoms with Crippen molar-refractivity contribution >= 4 is 45.4 Å². The summed E-state index contributed by atoms with van der Waals surface area (Å²) in [6, 6.07) is 12.6. The van der Waals surface area contributed by atoms with Crippen LogP contribution in [0, 0.1) is 23.7 Å². The normalized spacial score (nSPS) is 22.2. The summed E-state index contributed by atoms with van der Waals surface area (Å²) in [5.74, 6) is -6.26. The van der Waals surface area contributed by atoms with Gasteiger partial charge in [0.1, 0.15) is 11.5 Å². The second-order valence-corrected chi connectivity index (χ2v) is 10.3. The Morgan fingerprint density at radius 2 is 1.07 bits per heavy atom. The smallest absolute Gasteiger partial charge is 0.315 e. The minimum absolute atomic E-state index is 0.249. The highest BCUT2D eigenvalue weighted by Gasteiger charge is 2.37. The van der Waals surface area contributed by atoms with Gasteiger partial charge in [-0.2, -0.15) is 0 Å². The molecule has 0 amide bonds. The van der Waals surface area contributed by atoms with Gasteiger partial charge in [0.15, 0.2) is 0 Å². The zero-order valence-electron chi connectivity index (χ0n) is 22.0. The highest BCUT2D eigenvalue weighted by Crippen LogP contribution is 2.44. The summed E-state index contributed by atoms with van der Waals surface area (Å²) in [6.07, 6.45) is 8.85. The van der Waals surface area contributed by atoms with Crippen LogP contribution in [0.1, 0.15) is 38.2 Å². The van der Waals surface area contributed by atoms with Gasteiger partial charge in [-0.05, 0) is 43.7 Å². The Bertz CT molecular complexity index is 1570. The Labute approximate surface area is 230 Å². The zero-order valence-corrected chi connectivity index (χ0v) is 22.0. The molecule has 0 aliphatic heterocycles. The monoisotopic (exact) mass is 542 g/mol. The average molecular weight is 543 g/mol. The van der Waals surface area contributed by atoms with Gasteiger partial charge in [0.2, 0.25) is 0 Å². The summed E-state index contributed by atoms with van der Waals surface area (Å²) in [4.78, 5) is 50.5. The van der Waals surface area contributed by atoms with Crippen LogP contribution in [0.5, 0.6) is 11.5 Å². The summed E-state index contributed by atoms with van der Waals surface area (Å²) < 4.78 is 12.0. The van der Waals surface area contributed by atoms with Gasteiger partial charge in [-0.3, -0.25) is 19.2 Å². The number of carbonyl (C=O) groups is 4. The van der Waals surface area contributed by atoms with E-state index in [0.717, 1.165) is 5.56 Å². The second kappa shape index (κ2) is 11.3. The van der Waals surface area contributed by atoms with Crippen LogP contribution in [-0.4, -0.2) is 34.1 Å². The number of esters is 2. The van der Waals surface area contributed by atoms with Crippen molar-refractivity contribution in [3.63, 3.8) is 0 Å². The minimum Gasteiger partial charge on any atom is -0.481 e. The van der Waals surface area contributed by atoms with E-state index in [1.54, 1.807) is 54.6 Å². The third-order valence-electron chi connectivity index (χ3n) is 7.91. The number of ether oxygens (including phenoxy) is 2. The molecule has 3 aromatic rings. The van der Waals surface area contributed by atoms with Gasteiger partial charge >= 0.3 is 23.9 Å². The molecule has 0 aromatic heterocycles. The zero-order chi connectivity index (χ0) is 28.4. The number of carboxylic acid groups (broad SMARTS) is 2. The standard InChI is InChI=1S/C32H30O8/c1-2-18-15-16-21-26(17-18)28(40-32(38)25-14-8-6-12-23(25)30(35)36)20-10-4-3-9-19(20)27(21)39-31(37)24-13-7-5-11-22(24)29(33)34/h3-10,15-17,22-25H,2,11-14H2,1H3,(H,33,34)(H,35,36). The second-order valence-electron chi connectivity index (χ2n) is 10.3. The maximum atomic E-state index is 13.4. The number of aliphatic carboxylic acids is 2. The number of hydrogen-bond donors (Lipinski definition) is 2. The number of aryl methyl sites for hydroxylation is 1. The molecule has 4 atom stereocenters. The lowest BCUT2D eigenvalue weighted by molar-refractivity contribution is -0.152. The van der Waals surface area contributed by atoms with Gasteiger partial charge in [0.25, 0.3) is 0 Å². The fourth-order valence-corrected chi connectivity index (χ4v) is 5.63. The van der Waals surface area contributed by atoms with Crippen LogP contribution in [0.25, 0.3) is 21.5 Å². The first-order valence-corrected chi connectivity index (χ1v) is 13.5. The molecule has 0 bridgehead atoms. The summed E-state index contributed by atoms with van der Waals surface area (Å²) in [6.45, 7) is 1.99. The van der Waals surface area contributed by atoms with E-state index in [9.17, 15) is 29.4 Å². The number of allylic oxidation sites excluding steroid dienone is 4. The summed E-state index contributed by atoms with van der Waals surface area (Å²) in [5, 5.41) is 21.5. The van der Waals surface area contributed by atoms with Crippen molar-refractivity contribution in [2.75, 3.05) is 0 Å². The molecule has 0 heterocycles. The van der Waals surface area contributed by atoms with Gasteiger partial charge in [0, 0.05) is 21.5 Å². The Morgan fingerprint density at radius 3 is 1.52 bits per heavy atom. The molecule has 2 aliphatic rings. The Morgan fingerprint density at radius 1 is 0.650 bits per heavy atom. The molecule has 8 nitrogen and oxygen atoms in total. The summed E-state index contributed by atoms with van der Waals surface area (Å²) in [5.41, 5.74) is 0.963. The van der Waals surface area contributed by atoms with E-state index >= 15 is 0 Å². The molecule has 4 unspecified atom stereocenters. The van der Waals surface area contributed by atoms with Gasteiger partial charge in [-0.25, -0.2) is 0 Å². The molecule has 40 heavy (non-hydrogen) atoms. The van der Waals surface area contributed by atoms with Gasteiger partial charge in [-0.15, -0.1) is 0 Å². The molecule has 3 aromatic carbocycles. The predicted molar refractivity (Wildman–Crippen MR) is 148 cm³/mol. The number of carboxylic acids is 2. The quantitative estimate of drug-likeness (QED) is 0.168. The third kappa shape index (κ3) is 5.09. The average Bonchev–Trinajstić information content (AvgIpc) is 2.98. The van der Waals surface area contributed by atoms with Crippen molar-refractivity contribution in [2.24, 2.45) is 23.7 Å². The lowest BCUT2D eigenvalue weighted by atomic mass is 9.83. The number of carbonyl (C=O) groups excluding carboxylic acids is 2. The molecule has 2 aliphatic carbocycles. The lowest BCUT2D eigenvalue weighted by Crippen LogP contribution is -2.34. The predicted octanol–water partition coefficient (Wildman–Crippen LogP) is 5.70. The maximum absolute atomic E-state index is 13.4. The van der Waals surface area contributed by atoms with Crippen LogP contribution in [0.15, 0.2) is 66.8 Å². The molecule has 2 N–H and O–H groups in total. The summed E-state index contributed by atoms with van der Waals surface area (Å²) >= 11 is 0. The van der Waals surface area contributed by atoms with Gasteiger partial charge < -0.3 is 19.7 Å². The van der Waals surface area contributed by atoms with Crippen LogP contribution in [0.2, 0.25) is 0 Å². The molecular weight excluding hydrogens is 512 g/mol. The van der Waals surface area contributed by atoms with Crippen LogP contribution in [0.3, 0.4) is 0 Å². The number of benzene rings is 3. The van der Waals surface area contributed by atoms with Crippen LogP contribution in [-0.2, 0) is 25.6 Å². The number of rotatable bonds is 7. The van der Waals surface area contributed by atoms with E-state index in [1.807, 2.05) is 19.1 Å². The lowest BCUT2D eigenvalue weighted by Gasteiger charge is -2.25. The Balaban J connectivity index is 1.62. The highest BCUT2D eigenvalue weighted by atomic mass is 16.5. The first kappa shape index (κ1) is 27.1. The SMILES string of the molecule is CCc1ccc2c(OC(=O)C3CC=CCC3C(=O)O)c3ccccc3c(OC(=O)C3CC=CCC3C(=O)O)c2c1. The van der Waals surface area contributed by atoms with Crippen LogP contribution < -0.4 is 9.47 Å². The van der Waals surface area contributed by atoms with E-state index in [0.29, 0.717) is 28.0 Å². The van der Waals surface area contributed by atoms with E-state index in [-0.39, 0.29) is 37.2 Å². The molecule has 0 spiro atoms. The van der Waals surface area contributed by atoms with Crippen molar-refractivity contribution in [1.82, 2.24) is 0 Å². The molecule has 206 valence electrons. The number of hydrogen-bond acceptors (Lipinski definition) is 6. The van der Waals surface area contributed by atoms with Crippen molar-refractivity contribution in [1.29, 1.82) is 0 Å². The minimum atomic E-state index is -1.05. The first-order chi connectivity index (χ1) is 19.3. The van der Waals surface area contributed by atoms with Crippen molar-refractivity contribution in [2.45, 2.75) is 39.0 Å². The maximum Gasteiger partial charge on any atom is 0.315 e. The van der Waals surface area contributed by atoms with Crippen molar-refractivity contribution in [3.8, 4) is 11.5 Å². The van der Waals surface area contributed by atoms with Crippen LogP contribution in [0.4, 0.5) is 0 Å². The number of fused-ring (bicyclic) bond motifs is 2. The first-order valence-electron chi connectivity index (χ1n) is 13.5. The summed E-state index contributed by atoms with van der Waals surface area (Å²) in [7, 11) is 0. The Hall–Kier alpha value is -4.46. The van der Waals surface area contributed by atoms with Crippen molar-refractivity contribution in [3.05, 3.63) is 72.3 Å². The third-order valence-corrected chi connectivity index (χ3v) is 7.91. The molecule has 0 saturated heterocycles. The van der Waals surface area contributed by atoms with Gasteiger partial charge in [0.05, 0.1) is 23.7 Å². The van der Waals surface area contributed by atoms with Crippen LogP contribution >= 0.6 is 0 Å². The molecular formula is C32H30O8. The molecule has 0 radical (unpaired) electrons. The van der Waals surface area contributed by atoms with E-state index in [4.69, 9.17) is 9.47 Å². The molecule has 8 heteroatoms. The Kier molecular flexibility index (Phi) is 7.69. The largest absolute Gasteiger partial charge is 0.481 e. The fourth-order valence-electron chi connectivity index (χ4n) is 5.63. The van der Waals surface area contributed by atoms with E-state index in [2.05, 4.69) is 0 Å². The fraction of sp³-hybridized carbons (Fsp3) is 0.312. The highest BCUT2D eigenvalue weighted by molar-refractivity contribution is 6.13. The van der Waals surface area contributed by atoms with E-state index < -0.39 is 47.5 Å². The molecule has 0 fully saturated rings. The van der Waals surface area contributed by atoms with Gasteiger partial charge in [-0.1, -0.05) is 67.6 Å². The van der Waals surface area contributed by atoms with E-state index in [1.165, 1.54) is 0 Å². The van der Waals surface area contributed by atoms with Crippen molar-refractivity contribution < 1.29 is 38.9 Å².